The van der Waals surface area contributed by atoms with Crippen molar-refractivity contribution in [2.75, 3.05) is 20.1 Å². The normalized spacial score (nSPS) is 41.4. The lowest BCUT2D eigenvalue weighted by Gasteiger charge is -2.28. The number of nitrogens with zero attached hydrogens (tertiary/aromatic N) is 1. The zero-order valence-corrected chi connectivity index (χ0v) is 9.91. The van der Waals surface area contributed by atoms with Gasteiger partial charge in [-0.3, -0.25) is 0 Å². The molecular formula is C13H24N2. The Hall–Kier alpha value is -0.0800. The molecule has 0 saturated heterocycles. The molecule has 2 bridgehead atoms. The van der Waals surface area contributed by atoms with Gasteiger partial charge in [0.15, 0.2) is 0 Å². The van der Waals surface area contributed by atoms with Crippen molar-refractivity contribution in [2.24, 2.45) is 23.5 Å². The first-order chi connectivity index (χ1) is 7.15. The van der Waals surface area contributed by atoms with Gasteiger partial charge >= 0.3 is 0 Å². The molecule has 3 fully saturated rings. The molecule has 0 heterocycles. The van der Waals surface area contributed by atoms with Crippen LogP contribution in [0.25, 0.3) is 0 Å². The number of fused-ring (bicyclic) bond motifs is 2. The average molecular weight is 208 g/mol. The Morgan fingerprint density at radius 1 is 1.27 bits per heavy atom. The van der Waals surface area contributed by atoms with E-state index in [1.807, 2.05) is 0 Å². The van der Waals surface area contributed by atoms with Gasteiger partial charge in [-0.1, -0.05) is 6.42 Å². The maximum atomic E-state index is 6.16. The maximum Gasteiger partial charge on any atom is 0.0284 e. The predicted octanol–water partition coefficient (Wildman–Crippen LogP) is 1.85. The first kappa shape index (κ1) is 10.1. The molecule has 0 spiro atoms. The van der Waals surface area contributed by atoms with Crippen molar-refractivity contribution < 1.29 is 0 Å². The van der Waals surface area contributed by atoms with E-state index in [9.17, 15) is 0 Å². The van der Waals surface area contributed by atoms with Gasteiger partial charge in [0.1, 0.15) is 0 Å². The van der Waals surface area contributed by atoms with Gasteiger partial charge in [-0.05, 0) is 56.9 Å². The van der Waals surface area contributed by atoms with E-state index in [2.05, 4.69) is 11.9 Å². The SMILES string of the molecule is CN(CC1CC2CCC1C2)CC1(N)CC1. The molecule has 3 atom stereocenters. The fourth-order valence-electron chi connectivity index (χ4n) is 3.92. The zero-order chi connectivity index (χ0) is 10.5. The second-order valence-corrected chi connectivity index (χ2v) is 6.49. The van der Waals surface area contributed by atoms with Crippen molar-refractivity contribution >= 4 is 0 Å². The maximum absolute atomic E-state index is 6.16. The summed E-state index contributed by atoms with van der Waals surface area (Å²) in [6.07, 6.45) is 8.56. The highest BCUT2D eigenvalue weighted by atomic mass is 15.1. The number of rotatable bonds is 4. The second-order valence-electron chi connectivity index (χ2n) is 6.49. The van der Waals surface area contributed by atoms with E-state index in [1.54, 1.807) is 0 Å². The minimum atomic E-state index is 0.201. The summed E-state index contributed by atoms with van der Waals surface area (Å²) in [5.74, 6) is 3.14. The minimum Gasteiger partial charge on any atom is -0.324 e. The molecular weight excluding hydrogens is 184 g/mol. The lowest BCUT2D eigenvalue weighted by atomic mass is 9.88. The molecule has 0 radical (unpaired) electrons. The molecule has 0 aliphatic heterocycles. The molecule has 3 aliphatic rings. The highest BCUT2D eigenvalue weighted by Gasteiger charge is 2.42. The van der Waals surface area contributed by atoms with Crippen LogP contribution in [0.1, 0.15) is 38.5 Å². The van der Waals surface area contributed by atoms with Gasteiger partial charge in [-0.15, -0.1) is 0 Å². The Morgan fingerprint density at radius 3 is 2.60 bits per heavy atom. The summed E-state index contributed by atoms with van der Waals surface area (Å²) >= 11 is 0. The summed E-state index contributed by atoms with van der Waals surface area (Å²) < 4.78 is 0. The third kappa shape index (κ3) is 2.07. The average Bonchev–Trinajstić information content (AvgIpc) is 2.65. The fraction of sp³-hybridized carbons (Fsp3) is 1.00. The molecule has 3 aliphatic carbocycles. The molecule has 2 heteroatoms. The van der Waals surface area contributed by atoms with Gasteiger partial charge < -0.3 is 10.6 Å². The number of hydrogen-bond acceptors (Lipinski definition) is 2. The van der Waals surface area contributed by atoms with Gasteiger partial charge in [0.05, 0.1) is 0 Å². The predicted molar refractivity (Wildman–Crippen MR) is 62.6 cm³/mol. The summed E-state index contributed by atoms with van der Waals surface area (Å²) in [7, 11) is 2.26. The van der Waals surface area contributed by atoms with E-state index < -0.39 is 0 Å². The van der Waals surface area contributed by atoms with Crippen LogP contribution in [0.4, 0.5) is 0 Å². The number of nitrogens with two attached hydrogens (primary N) is 1. The molecule has 15 heavy (non-hydrogen) atoms. The van der Waals surface area contributed by atoms with Crippen LogP contribution in [0.15, 0.2) is 0 Å². The molecule has 2 nitrogen and oxygen atoms in total. The third-order valence-corrected chi connectivity index (χ3v) is 4.91. The molecule has 3 rings (SSSR count). The smallest absolute Gasteiger partial charge is 0.0284 e. The van der Waals surface area contributed by atoms with Gasteiger partial charge in [-0.2, -0.15) is 0 Å². The quantitative estimate of drug-likeness (QED) is 0.764. The summed E-state index contributed by atoms with van der Waals surface area (Å²) in [5.41, 5.74) is 6.36. The molecule has 0 aromatic heterocycles. The third-order valence-electron chi connectivity index (χ3n) is 4.91. The Balaban J connectivity index is 1.48. The highest BCUT2D eigenvalue weighted by Crippen LogP contribution is 2.48. The zero-order valence-electron chi connectivity index (χ0n) is 9.91. The minimum absolute atomic E-state index is 0.201. The largest absolute Gasteiger partial charge is 0.324 e. The van der Waals surface area contributed by atoms with Crippen molar-refractivity contribution in [1.29, 1.82) is 0 Å². The van der Waals surface area contributed by atoms with E-state index in [4.69, 9.17) is 5.73 Å². The summed E-state index contributed by atoms with van der Waals surface area (Å²) in [4.78, 5) is 2.50. The van der Waals surface area contributed by atoms with Crippen molar-refractivity contribution in [2.45, 2.75) is 44.1 Å². The van der Waals surface area contributed by atoms with Crippen molar-refractivity contribution in [3.8, 4) is 0 Å². The standard InChI is InChI=1S/C13H24N2/c1-15(9-13(14)4-5-13)8-12-7-10-2-3-11(12)6-10/h10-12H,2-9,14H2,1H3. The molecule has 0 amide bonds. The Morgan fingerprint density at radius 2 is 2.07 bits per heavy atom. The molecule has 2 N–H and O–H groups in total. The van der Waals surface area contributed by atoms with Crippen molar-refractivity contribution in [3.63, 3.8) is 0 Å². The van der Waals surface area contributed by atoms with E-state index in [-0.39, 0.29) is 5.54 Å². The molecule has 0 aromatic carbocycles. The van der Waals surface area contributed by atoms with Crippen LogP contribution in [0.5, 0.6) is 0 Å². The second kappa shape index (κ2) is 3.46. The summed E-state index contributed by atoms with van der Waals surface area (Å²) in [6, 6.07) is 0. The van der Waals surface area contributed by atoms with E-state index in [1.165, 1.54) is 45.1 Å². The van der Waals surface area contributed by atoms with Crippen LogP contribution in [0.2, 0.25) is 0 Å². The topological polar surface area (TPSA) is 29.3 Å². The van der Waals surface area contributed by atoms with Crippen LogP contribution in [0.3, 0.4) is 0 Å². The first-order valence-electron chi connectivity index (χ1n) is 6.62. The lowest BCUT2D eigenvalue weighted by molar-refractivity contribution is 0.208. The van der Waals surface area contributed by atoms with Gasteiger partial charge in [0, 0.05) is 18.6 Å². The van der Waals surface area contributed by atoms with Gasteiger partial charge in [0.25, 0.3) is 0 Å². The molecule has 3 unspecified atom stereocenters. The Kier molecular flexibility index (Phi) is 2.33. The molecule has 86 valence electrons. The van der Waals surface area contributed by atoms with E-state index in [0.29, 0.717) is 0 Å². The van der Waals surface area contributed by atoms with Crippen molar-refractivity contribution in [1.82, 2.24) is 4.90 Å². The van der Waals surface area contributed by atoms with Crippen LogP contribution < -0.4 is 5.73 Å². The van der Waals surface area contributed by atoms with E-state index in [0.717, 1.165) is 24.3 Å². The van der Waals surface area contributed by atoms with Crippen LogP contribution >= 0.6 is 0 Å². The van der Waals surface area contributed by atoms with E-state index >= 15 is 0 Å². The first-order valence-corrected chi connectivity index (χ1v) is 6.62. The lowest BCUT2D eigenvalue weighted by Crippen LogP contribution is -2.40. The van der Waals surface area contributed by atoms with Crippen LogP contribution in [0, 0.1) is 17.8 Å². The summed E-state index contributed by atoms with van der Waals surface area (Å²) in [5, 5.41) is 0. The highest BCUT2D eigenvalue weighted by molar-refractivity contribution is 5.01. The number of hydrogen-bond donors (Lipinski definition) is 1. The Labute approximate surface area is 93.2 Å². The number of likely N-dealkylation sites (N-methyl/N-ethyl adjacent to an activating group) is 1. The van der Waals surface area contributed by atoms with Crippen molar-refractivity contribution in [3.05, 3.63) is 0 Å². The van der Waals surface area contributed by atoms with Gasteiger partial charge in [0.2, 0.25) is 0 Å². The fourth-order valence-corrected chi connectivity index (χ4v) is 3.92. The Bertz CT molecular complexity index is 247. The monoisotopic (exact) mass is 208 g/mol. The summed E-state index contributed by atoms with van der Waals surface area (Å²) in [6.45, 7) is 2.43. The molecule has 3 saturated carbocycles. The van der Waals surface area contributed by atoms with Crippen LogP contribution in [-0.4, -0.2) is 30.6 Å². The molecule has 0 aromatic rings. The van der Waals surface area contributed by atoms with Gasteiger partial charge in [-0.25, -0.2) is 0 Å². The van der Waals surface area contributed by atoms with Crippen LogP contribution in [-0.2, 0) is 0 Å².